The Balaban J connectivity index is 1.07. The average Bonchev–Trinajstić information content (AvgIpc) is 3.05. The van der Waals surface area contributed by atoms with Crippen molar-refractivity contribution in [3.8, 4) is 11.5 Å². The molecule has 0 aliphatic carbocycles. The molecule has 0 saturated heterocycles. The third-order valence-corrected chi connectivity index (χ3v) is 6.92. The number of hydrogen-bond acceptors (Lipinski definition) is 4. The fraction of sp³-hybridized carbons (Fsp3) is 0.162. The highest BCUT2D eigenvalue weighted by Gasteiger charge is 2.09. The lowest BCUT2D eigenvalue weighted by molar-refractivity contribution is 0.0951. The molecule has 5 aromatic carbocycles. The van der Waals surface area contributed by atoms with Crippen LogP contribution >= 0.6 is 0 Å². The molecule has 5 nitrogen and oxygen atoms in total. The van der Waals surface area contributed by atoms with Crippen LogP contribution in [-0.4, -0.2) is 24.0 Å². The monoisotopic (exact) mass is 556 g/mol. The normalized spacial score (nSPS) is 10.8. The molecule has 0 spiro atoms. The number of ether oxygens (including phenoxy) is 2. The molecule has 0 atom stereocenters. The third kappa shape index (κ3) is 9.08. The molecule has 1 amide bonds. The fourth-order valence-electron chi connectivity index (χ4n) is 4.62. The van der Waals surface area contributed by atoms with Crippen molar-refractivity contribution in [2.45, 2.75) is 26.2 Å². The molecular formula is C37H36N2O3. The number of hydrogen-bond donors (Lipinski definition) is 1. The van der Waals surface area contributed by atoms with Gasteiger partial charge in [-0.2, -0.15) is 0 Å². The van der Waals surface area contributed by atoms with Gasteiger partial charge in [0.15, 0.2) is 0 Å². The molecule has 0 heterocycles. The number of rotatable bonds is 14. The Hall–Kier alpha value is -4.87. The van der Waals surface area contributed by atoms with Crippen LogP contribution in [0.25, 0.3) is 0 Å². The van der Waals surface area contributed by atoms with Gasteiger partial charge < -0.3 is 14.8 Å². The van der Waals surface area contributed by atoms with Crippen molar-refractivity contribution in [3.05, 3.63) is 167 Å². The van der Waals surface area contributed by atoms with E-state index in [4.69, 9.17) is 9.47 Å². The quantitative estimate of drug-likeness (QED) is 0.156. The van der Waals surface area contributed by atoms with Crippen LogP contribution in [0.15, 0.2) is 140 Å². The second-order valence-corrected chi connectivity index (χ2v) is 10.2. The second kappa shape index (κ2) is 15.2. The standard InChI is InChI=1S/C37H36N2O3/c40-37(38-26-30-16-20-36(21-17-30)42-29-33-14-8-3-9-15-33)34-18-22-35(23-19-34)41-25-24-39(27-31-10-4-1-5-11-31)28-32-12-6-2-7-13-32/h1-23H,24-29H2,(H,38,40). The Labute approximate surface area is 248 Å². The van der Waals surface area contributed by atoms with Crippen LogP contribution in [0.1, 0.15) is 32.6 Å². The number of benzene rings is 5. The Kier molecular flexibility index (Phi) is 10.4. The molecule has 212 valence electrons. The van der Waals surface area contributed by atoms with E-state index in [1.54, 1.807) is 12.1 Å². The van der Waals surface area contributed by atoms with E-state index in [-0.39, 0.29) is 5.91 Å². The van der Waals surface area contributed by atoms with E-state index < -0.39 is 0 Å². The molecule has 5 rings (SSSR count). The highest BCUT2D eigenvalue weighted by molar-refractivity contribution is 5.94. The summed E-state index contributed by atoms with van der Waals surface area (Å²) >= 11 is 0. The Morgan fingerprint density at radius 1 is 0.548 bits per heavy atom. The summed E-state index contributed by atoms with van der Waals surface area (Å²) in [6.45, 7) is 3.99. The zero-order valence-electron chi connectivity index (χ0n) is 23.7. The maximum absolute atomic E-state index is 12.7. The van der Waals surface area contributed by atoms with Gasteiger partial charge in [-0.3, -0.25) is 9.69 Å². The third-order valence-electron chi connectivity index (χ3n) is 6.92. The minimum absolute atomic E-state index is 0.122. The minimum atomic E-state index is -0.122. The number of carbonyl (C=O) groups excluding carboxylic acids is 1. The zero-order chi connectivity index (χ0) is 28.8. The highest BCUT2D eigenvalue weighted by Crippen LogP contribution is 2.16. The van der Waals surface area contributed by atoms with Crippen LogP contribution in [0, 0.1) is 0 Å². The van der Waals surface area contributed by atoms with E-state index in [0.29, 0.717) is 25.3 Å². The van der Waals surface area contributed by atoms with Crippen LogP contribution in [-0.2, 0) is 26.2 Å². The fourth-order valence-corrected chi connectivity index (χ4v) is 4.62. The summed E-state index contributed by atoms with van der Waals surface area (Å²) < 4.78 is 11.9. The molecule has 0 aliphatic rings. The van der Waals surface area contributed by atoms with Crippen LogP contribution in [0.4, 0.5) is 0 Å². The molecule has 0 radical (unpaired) electrons. The summed E-state index contributed by atoms with van der Waals surface area (Å²) in [5, 5.41) is 2.99. The van der Waals surface area contributed by atoms with Crippen molar-refractivity contribution < 1.29 is 14.3 Å². The summed E-state index contributed by atoms with van der Waals surface area (Å²) in [4.78, 5) is 15.1. The molecule has 5 heteroatoms. The molecular weight excluding hydrogens is 520 g/mol. The number of nitrogens with zero attached hydrogens (tertiary/aromatic N) is 1. The van der Waals surface area contributed by atoms with Crippen LogP contribution in [0.3, 0.4) is 0 Å². The lowest BCUT2D eigenvalue weighted by Crippen LogP contribution is -2.27. The molecule has 0 bridgehead atoms. The molecule has 42 heavy (non-hydrogen) atoms. The second-order valence-electron chi connectivity index (χ2n) is 10.2. The van der Waals surface area contributed by atoms with Crippen molar-refractivity contribution in [2.75, 3.05) is 13.2 Å². The first-order valence-electron chi connectivity index (χ1n) is 14.3. The van der Waals surface area contributed by atoms with Gasteiger partial charge in [0, 0.05) is 31.7 Å². The van der Waals surface area contributed by atoms with Gasteiger partial charge in [-0.05, 0) is 58.7 Å². The molecule has 0 saturated carbocycles. The maximum Gasteiger partial charge on any atom is 0.251 e. The number of amides is 1. The van der Waals surface area contributed by atoms with E-state index >= 15 is 0 Å². The summed E-state index contributed by atoms with van der Waals surface area (Å²) in [5.74, 6) is 1.42. The van der Waals surface area contributed by atoms with E-state index in [1.807, 2.05) is 78.9 Å². The number of nitrogens with one attached hydrogen (secondary N) is 1. The molecule has 0 aromatic heterocycles. The Bertz CT molecular complexity index is 1450. The molecule has 0 aliphatic heterocycles. The molecule has 1 N–H and O–H groups in total. The van der Waals surface area contributed by atoms with Crippen molar-refractivity contribution >= 4 is 5.91 Å². The smallest absolute Gasteiger partial charge is 0.251 e. The zero-order valence-corrected chi connectivity index (χ0v) is 23.7. The molecule has 0 fully saturated rings. The van der Waals surface area contributed by atoms with E-state index in [9.17, 15) is 4.79 Å². The molecule has 5 aromatic rings. The molecule has 0 unspecified atom stereocenters. The van der Waals surface area contributed by atoms with E-state index in [1.165, 1.54) is 11.1 Å². The van der Waals surface area contributed by atoms with Crippen LogP contribution in [0.5, 0.6) is 11.5 Å². The maximum atomic E-state index is 12.7. The minimum Gasteiger partial charge on any atom is -0.492 e. The summed E-state index contributed by atoms with van der Waals surface area (Å²) in [6.07, 6.45) is 0. The van der Waals surface area contributed by atoms with Gasteiger partial charge in [0.25, 0.3) is 5.91 Å². The Morgan fingerprint density at radius 3 is 1.62 bits per heavy atom. The largest absolute Gasteiger partial charge is 0.492 e. The van der Waals surface area contributed by atoms with Gasteiger partial charge >= 0.3 is 0 Å². The van der Waals surface area contributed by atoms with Crippen molar-refractivity contribution in [3.63, 3.8) is 0 Å². The van der Waals surface area contributed by atoms with Gasteiger partial charge in [-0.15, -0.1) is 0 Å². The summed E-state index contributed by atoms with van der Waals surface area (Å²) in [7, 11) is 0. The van der Waals surface area contributed by atoms with Gasteiger partial charge in [-0.25, -0.2) is 0 Å². The first-order chi connectivity index (χ1) is 20.7. The van der Waals surface area contributed by atoms with E-state index in [2.05, 4.69) is 58.7 Å². The lowest BCUT2D eigenvalue weighted by Gasteiger charge is -2.23. The van der Waals surface area contributed by atoms with Gasteiger partial charge in [0.2, 0.25) is 0 Å². The SMILES string of the molecule is O=C(NCc1ccc(OCc2ccccc2)cc1)c1ccc(OCCN(Cc2ccccc2)Cc2ccccc2)cc1. The Morgan fingerprint density at radius 2 is 1.05 bits per heavy atom. The van der Waals surface area contributed by atoms with Crippen LogP contribution in [0.2, 0.25) is 0 Å². The van der Waals surface area contributed by atoms with Crippen LogP contribution < -0.4 is 14.8 Å². The average molecular weight is 557 g/mol. The first-order valence-corrected chi connectivity index (χ1v) is 14.3. The van der Waals surface area contributed by atoms with Crippen molar-refractivity contribution in [1.29, 1.82) is 0 Å². The first kappa shape index (κ1) is 28.7. The van der Waals surface area contributed by atoms with Gasteiger partial charge in [0.1, 0.15) is 24.7 Å². The predicted molar refractivity (Wildman–Crippen MR) is 167 cm³/mol. The summed E-state index contributed by atoms with van der Waals surface area (Å²) in [6, 6.07) is 46.2. The van der Waals surface area contributed by atoms with E-state index in [0.717, 1.165) is 42.3 Å². The summed E-state index contributed by atoms with van der Waals surface area (Å²) in [5.41, 5.74) is 5.27. The lowest BCUT2D eigenvalue weighted by atomic mass is 10.1. The van der Waals surface area contributed by atoms with Crippen molar-refractivity contribution in [2.24, 2.45) is 0 Å². The number of carbonyl (C=O) groups is 1. The van der Waals surface area contributed by atoms with Gasteiger partial charge in [0.05, 0.1) is 0 Å². The predicted octanol–water partition coefficient (Wildman–Crippen LogP) is 7.28. The van der Waals surface area contributed by atoms with Gasteiger partial charge in [-0.1, -0.05) is 103 Å². The van der Waals surface area contributed by atoms with Crippen molar-refractivity contribution in [1.82, 2.24) is 10.2 Å². The highest BCUT2D eigenvalue weighted by atomic mass is 16.5. The topological polar surface area (TPSA) is 50.8 Å².